The van der Waals surface area contributed by atoms with Crippen LogP contribution in [-0.4, -0.2) is 25.7 Å². The molecule has 1 aromatic carbocycles. The minimum atomic E-state index is -0.144. The van der Waals surface area contributed by atoms with Crippen LogP contribution in [0.5, 0.6) is 0 Å². The third kappa shape index (κ3) is 3.22. The Morgan fingerprint density at radius 2 is 2.28 bits per heavy atom. The van der Waals surface area contributed by atoms with E-state index in [0.29, 0.717) is 6.04 Å². The zero-order chi connectivity index (χ0) is 13.0. The molecule has 0 aromatic heterocycles. The molecular formula is C15H23FN2. The summed E-state index contributed by atoms with van der Waals surface area (Å²) in [5.41, 5.74) is 2.22. The zero-order valence-corrected chi connectivity index (χ0v) is 11.4. The fraction of sp³-hybridized carbons (Fsp3) is 0.600. The lowest BCUT2D eigenvalue weighted by atomic mass is 10.1. The molecule has 0 amide bonds. The van der Waals surface area contributed by atoms with Gasteiger partial charge in [-0.25, -0.2) is 4.39 Å². The van der Waals surface area contributed by atoms with Crippen LogP contribution in [0, 0.1) is 12.7 Å². The largest absolute Gasteiger partial charge is 0.370 e. The topological polar surface area (TPSA) is 15.3 Å². The van der Waals surface area contributed by atoms with E-state index in [-0.39, 0.29) is 5.82 Å². The molecule has 1 aliphatic rings. The molecule has 1 N–H and O–H groups in total. The lowest BCUT2D eigenvalue weighted by Crippen LogP contribution is -2.37. The molecule has 0 bridgehead atoms. The van der Waals surface area contributed by atoms with Crippen LogP contribution in [0.4, 0.5) is 10.1 Å². The van der Waals surface area contributed by atoms with Crippen LogP contribution < -0.4 is 10.2 Å². The highest BCUT2D eigenvalue weighted by Gasteiger charge is 2.18. The average molecular weight is 250 g/mol. The van der Waals surface area contributed by atoms with Crippen molar-refractivity contribution in [3.63, 3.8) is 0 Å². The number of hydrogen-bond acceptors (Lipinski definition) is 2. The van der Waals surface area contributed by atoms with Crippen molar-refractivity contribution >= 4 is 5.69 Å². The highest BCUT2D eigenvalue weighted by atomic mass is 19.1. The van der Waals surface area contributed by atoms with Crippen molar-refractivity contribution in [1.29, 1.82) is 0 Å². The molecule has 1 unspecified atom stereocenters. The summed E-state index contributed by atoms with van der Waals surface area (Å²) in [4.78, 5) is 2.40. The highest BCUT2D eigenvalue weighted by Crippen LogP contribution is 2.22. The molecule has 2 nitrogen and oxygen atoms in total. The van der Waals surface area contributed by atoms with Gasteiger partial charge in [-0.1, -0.05) is 13.3 Å². The summed E-state index contributed by atoms with van der Waals surface area (Å²) in [6.07, 6.45) is 3.56. The first-order chi connectivity index (χ1) is 8.70. The summed E-state index contributed by atoms with van der Waals surface area (Å²) in [6, 6.07) is 5.67. The first-order valence-corrected chi connectivity index (χ1v) is 6.95. The van der Waals surface area contributed by atoms with E-state index in [1.54, 1.807) is 12.1 Å². The Kier molecular flexibility index (Phi) is 4.59. The number of hydrogen-bond donors (Lipinski definition) is 1. The molecule has 3 heteroatoms. The van der Waals surface area contributed by atoms with Gasteiger partial charge in [-0.3, -0.25) is 0 Å². The minimum Gasteiger partial charge on any atom is -0.370 e. The van der Waals surface area contributed by atoms with E-state index in [9.17, 15) is 4.39 Å². The van der Waals surface area contributed by atoms with Crippen molar-refractivity contribution in [2.45, 2.75) is 39.2 Å². The van der Waals surface area contributed by atoms with Crippen LogP contribution in [-0.2, 0) is 0 Å². The van der Waals surface area contributed by atoms with E-state index in [1.807, 2.05) is 13.0 Å². The first kappa shape index (κ1) is 13.3. The van der Waals surface area contributed by atoms with Crippen LogP contribution in [0.3, 0.4) is 0 Å². The summed E-state index contributed by atoms with van der Waals surface area (Å²) >= 11 is 0. The predicted octanol–water partition coefficient (Wildman–Crippen LogP) is 3.10. The SMILES string of the molecule is CCCC1CN(c2ccc(F)cc2C)CCCN1. The van der Waals surface area contributed by atoms with E-state index in [0.717, 1.165) is 31.6 Å². The van der Waals surface area contributed by atoms with Gasteiger partial charge in [-0.2, -0.15) is 0 Å². The second-order valence-corrected chi connectivity index (χ2v) is 5.17. The van der Waals surface area contributed by atoms with Crippen LogP contribution in [0.25, 0.3) is 0 Å². The number of aryl methyl sites for hydroxylation is 1. The van der Waals surface area contributed by atoms with E-state index in [2.05, 4.69) is 17.1 Å². The number of rotatable bonds is 3. The van der Waals surface area contributed by atoms with Crippen molar-refractivity contribution in [1.82, 2.24) is 5.32 Å². The molecular weight excluding hydrogens is 227 g/mol. The van der Waals surface area contributed by atoms with E-state index in [4.69, 9.17) is 0 Å². The van der Waals surface area contributed by atoms with Gasteiger partial charge in [-0.15, -0.1) is 0 Å². The number of nitrogens with zero attached hydrogens (tertiary/aromatic N) is 1. The van der Waals surface area contributed by atoms with E-state index >= 15 is 0 Å². The molecule has 1 aliphatic heterocycles. The molecule has 0 spiro atoms. The second kappa shape index (κ2) is 6.19. The Morgan fingerprint density at radius 3 is 3.00 bits per heavy atom. The number of halogens is 1. The number of nitrogens with one attached hydrogen (secondary N) is 1. The maximum absolute atomic E-state index is 13.2. The molecule has 0 aliphatic carbocycles. The van der Waals surface area contributed by atoms with Gasteiger partial charge in [0.1, 0.15) is 5.82 Å². The van der Waals surface area contributed by atoms with Crippen LogP contribution >= 0.6 is 0 Å². The standard InChI is InChI=1S/C15H23FN2/c1-3-5-14-11-18(9-4-8-17-14)15-7-6-13(16)10-12(15)2/h6-7,10,14,17H,3-5,8-9,11H2,1-2H3. The summed E-state index contributed by atoms with van der Waals surface area (Å²) in [5.74, 6) is -0.144. The molecule has 1 saturated heterocycles. The molecule has 18 heavy (non-hydrogen) atoms. The van der Waals surface area contributed by atoms with E-state index in [1.165, 1.54) is 18.5 Å². The van der Waals surface area contributed by atoms with Gasteiger partial charge in [0, 0.05) is 24.8 Å². The maximum Gasteiger partial charge on any atom is 0.123 e. The normalized spacial score (nSPS) is 20.8. The van der Waals surface area contributed by atoms with Gasteiger partial charge in [0.15, 0.2) is 0 Å². The maximum atomic E-state index is 13.2. The summed E-state index contributed by atoms with van der Waals surface area (Å²) in [6.45, 7) is 7.38. The third-order valence-corrected chi connectivity index (χ3v) is 3.62. The molecule has 1 aromatic rings. The molecule has 1 fully saturated rings. The van der Waals surface area contributed by atoms with Crippen LogP contribution in [0.2, 0.25) is 0 Å². The Morgan fingerprint density at radius 1 is 1.44 bits per heavy atom. The highest BCUT2D eigenvalue weighted by molar-refractivity contribution is 5.53. The van der Waals surface area contributed by atoms with Gasteiger partial charge in [-0.05, 0) is 50.1 Å². The van der Waals surface area contributed by atoms with Crippen molar-refractivity contribution in [2.24, 2.45) is 0 Å². The average Bonchev–Trinajstić information content (AvgIpc) is 2.55. The smallest absolute Gasteiger partial charge is 0.123 e. The Labute approximate surface area is 109 Å². The Hall–Kier alpha value is -1.09. The van der Waals surface area contributed by atoms with Crippen molar-refractivity contribution in [2.75, 3.05) is 24.5 Å². The second-order valence-electron chi connectivity index (χ2n) is 5.17. The first-order valence-electron chi connectivity index (χ1n) is 6.95. The monoisotopic (exact) mass is 250 g/mol. The Balaban J connectivity index is 2.14. The molecule has 1 atom stereocenters. The van der Waals surface area contributed by atoms with Gasteiger partial charge in [0.2, 0.25) is 0 Å². The molecule has 2 rings (SSSR count). The fourth-order valence-corrected chi connectivity index (χ4v) is 2.73. The number of anilines is 1. The quantitative estimate of drug-likeness (QED) is 0.886. The van der Waals surface area contributed by atoms with Gasteiger partial charge < -0.3 is 10.2 Å². The lowest BCUT2D eigenvalue weighted by Gasteiger charge is -2.27. The van der Waals surface area contributed by atoms with Gasteiger partial charge >= 0.3 is 0 Å². The van der Waals surface area contributed by atoms with Gasteiger partial charge in [0.25, 0.3) is 0 Å². The number of benzene rings is 1. The van der Waals surface area contributed by atoms with Crippen molar-refractivity contribution in [3.05, 3.63) is 29.6 Å². The molecule has 0 saturated carbocycles. The van der Waals surface area contributed by atoms with E-state index < -0.39 is 0 Å². The summed E-state index contributed by atoms with van der Waals surface area (Å²) < 4.78 is 13.2. The minimum absolute atomic E-state index is 0.144. The predicted molar refractivity (Wildman–Crippen MR) is 74.7 cm³/mol. The van der Waals surface area contributed by atoms with Crippen LogP contribution in [0.15, 0.2) is 18.2 Å². The lowest BCUT2D eigenvalue weighted by molar-refractivity contribution is 0.502. The Bertz CT molecular complexity index is 392. The molecule has 0 radical (unpaired) electrons. The fourth-order valence-electron chi connectivity index (χ4n) is 2.73. The van der Waals surface area contributed by atoms with Crippen molar-refractivity contribution in [3.8, 4) is 0 Å². The van der Waals surface area contributed by atoms with Crippen molar-refractivity contribution < 1.29 is 4.39 Å². The molecule has 1 heterocycles. The zero-order valence-electron chi connectivity index (χ0n) is 11.4. The third-order valence-electron chi connectivity index (χ3n) is 3.62. The summed E-state index contributed by atoms with van der Waals surface area (Å²) in [7, 11) is 0. The van der Waals surface area contributed by atoms with Crippen LogP contribution in [0.1, 0.15) is 31.7 Å². The summed E-state index contributed by atoms with van der Waals surface area (Å²) in [5, 5.41) is 3.60. The van der Waals surface area contributed by atoms with Gasteiger partial charge in [0.05, 0.1) is 0 Å². The molecule has 100 valence electrons.